The van der Waals surface area contributed by atoms with Crippen LogP contribution in [0.15, 0.2) is 59.7 Å². The number of carbonyl (C=O) groups excluding carboxylic acids is 2. The monoisotopic (exact) mass is 428 g/mol. The van der Waals surface area contributed by atoms with Gasteiger partial charge in [-0.2, -0.15) is 16.9 Å². The van der Waals surface area contributed by atoms with E-state index in [2.05, 4.69) is 15.8 Å². The minimum atomic E-state index is -0.814. The van der Waals surface area contributed by atoms with Crippen LogP contribution in [-0.4, -0.2) is 34.7 Å². The highest BCUT2D eigenvalue weighted by molar-refractivity contribution is 7.98. The van der Waals surface area contributed by atoms with E-state index in [1.807, 2.05) is 44.2 Å². The van der Waals surface area contributed by atoms with Crippen molar-refractivity contribution in [1.29, 1.82) is 0 Å². The van der Waals surface area contributed by atoms with Gasteiger partial charge < -0.3 is 5.32 Å². The highest BCUT2D eigenvalue weighted by Gasteiger charge is 2.22. The van der Waals surface area contributed by atoms with Crippen LogP contribution in [0.4, 0.5) is 5.69 Å². The number of nitro benzene ring substituents is 1. The van der Waals surface area contributed by atoms with Crippen molar-refractivity contribution >= 4 is 35.5 Å². The van der Waals surface area contributed by atoms with Gasteiger partial charge in [0.1, 0.15) is 6.04 Å². The molecule has 2 aromatic carbocycles. The smallest absolute Gasteiger partial charge is 0.269 e. The number of hydrazone groups is 1. The number of benzene rings is 2. The van der Waals surface area contributed by atoms with E-state index in [0.717, 1.165) is 5.56 Å². The molecule has 0 spiro atoms. The highest BCUT2D eigenvalue weighted by atomic mass is 32.2. The zero-order valence-corrected chi connectivity index (χ0v) is 17.6. The summed E-state index contributed by atoms with van der Waals surface area (Å²) in [7, 11) is 0. The van der Waals surface area contributed by atoms with Gasteiger partial charge in [0.2, 0.25) is 0 Å². The van der Waals surface area contributed by atoms with Gasteiger partial charge in [-0.3, -0.25) is 19.7 Å². The minimum absolute atomic E-state index is 0.109. The van der Waals surface area contributed by atoms with Crippen molar-refractivity contribution in [3.8, 4) is 0 Å². The molecule has 0 saturated carbocycles. The third-order valence-corrected chi connectivity index (χ3v) is 5.01. The van der Waals surface area contributed by atoms with Gasteiger partial charge in [0.15, 0.2) is 0 Å². The third-order valence-electron chi connectivity index (χ3n) is 3.91. The number of nitro groups is 1. The van der Waals surface area contributed by atoms with E-state index >= 15 is 0 Å². The first-order valence-electron chi connectivity index (χ1n) is 9.37. The Balaban J connectivity index is 2.03. The lowest BCUT2D eigenvalue weighted by atomic mass is 10.2. The predicted octanol–water partition coefficient (Wildman–Crippen LogP) is 3.38. The first kappa shape index (κ1) is 23.1. The van der Waals surface area contributed by atoms with Crippen molar-refractivity contribution in [2.24, 2.45) is 11.0 Å². The van der Waals surface area contributed by atoms with Crippen molar-refractivity contribution in [3.63, 3.8) is 0 Å². The van der Waals surface area contributed by atoms with E-state index in [9.17, 15) is 19.7 Å². The van der Waals surface area contributed by atoms with Crippen LogP contribution < -0.4 is 10.7 Å². The van der Waals surface area contributed by atoms with Crippen LogP contribution >= 0.6 is 11.8 Å². The van der Waals surface area contributed by atoms with Gasteiger partial charge in [0, 0.05) is 35.4 Å². The molecule has 8 nitrogen and oxygen atoms in total. The second kappa shape index (κ2) is 11.7. The van der Waals surface area contributed by atoms with Crippen molar-refractivity contribution < 1.29 is 14.5 Å². The molecule has 0 unspecified atom stereocenters. The standard InChI is InChI=1S/C21H24N4O4S/c1-15(2)12-22-24-21(27)19(14-30-13-16-6-4-3-5-7-16)23-20(26)17-8-10-18(11-9-17)25(28)29/h3-12,15,19H,13-14H2,1-2H3,(H,23,26)(H,24,27)/b22-12-/t19-/m1/s1. The van der Waals surface area contributed by atoms with Crippen LogP contribution in [0.2, 0.25) is 0 Å². The molecule has 0 radical (unpaired) electrons. The van der Waals surface area contributed by atoms with Crippen LogP contribution in [0.5, 0.6) is 0 Å². The Kier molecular flexibility index (Phi) is 9.02. The fraction of sp³-hybridized carbons (Fsp3) is 0.286. The van der Waals surface area contributed by atoms with Crippen LogP contribution in [0.3, 0.4) is 0 Å². The summed E-state index contributed by atoms with van der Waals surface area (Å²) < 4.78 is 0. The average molecular weight is 429 g/mol. The normalized spacial score (nSPS) is 12.0. The lowest BCUT2D eigenvalue weighted by Crippen LogP contribution is -2.47. The fourth-order valence-electron chi connectivity index (χ4n) is 2.36. The Morgan fingerprint density at radius 3 is 2.40 bits per heavy atom. The topological polar surface area (TPSA) is 114 Å². The second-order valence-corrected chi connectivity index (χ2v) is 7.86. The summed E-state index contributed by atoms with van der Waals surface area (Å²) in [6, 6.07) is 14.2. The lowest BCUT2D eigenvalue weighted by molar-refractivity contribution is -0.384. The number of amides is 2. The predicted molar refractivity (Wildman–Crippen MR) is 118 cm³/mol. The van der Waals surface area contributed by atoms with Gasteiger partial charge >= 0.3 is 0 Å². The molecule has 2 N–H and O–H groups in total. The largest absolute Gasteiger partial charge is 0.339 e. The molecule has 0 aliphatic carbocycles. The highest BCUT2D eigenvalue weighted by Crippen LogP contribution is 2.15. The van der Waals surface area contributed by atoms with Gasteiger partial charge in [-0.05, 0) is 23.6 Å². The number of thioether (sulfide) groups is 1. The molecule has 0 aliphatic heterocycles. The average Bonchev–Trinajstić information content (AvgIpc) is 2.73. The van der Waals surface area contributed by atoms with Crippen LogP contribution in [-0.2, 0) is 10.5 Å². The molecular formula is C21H24N4O4S. The number of hydrogen-bond acceptors (Lipinski definition) is 6. The SMILES string of the molecule is CC(C)/C=N\NC(=O)[C@@H](CSCc1ccccc1)NC(=O)c1ccc([N+](=O)[O-])cc1. The number of nitrogens with zero attached hydrogens (tertiary/aromatic N) is 2. The van der Waals surface area contributed by atoms with Crippen molar-refractivity contribution in [2.45, 2.75) is 25.6 Å². The molecule has 0 aliphatic rings. The van der Waals surface area contributed by atoms with Gasteiger partial charge in [0.05, 0.1) is 4.92 Å². The summed E-state index contributed by atoms with van der Waals surface area (Å²) in [6.07, 6.45) is 1.60. The van der Waals surface area contributed by atoms with Gasteiger partial charge in [0.25, 0.3) is 17.5 Å². The molecule has 0 fully saturated rings. The second-order valence-electron chi connectivity index (χ2n) is 6.83. The van der Waals surface area contributed by atoms with E-state index in [-0.39, 0.29) is 17.2 Å². The number of nitrogens with one attached hydrogen (secondary N) is 2. The molecule has 1 atom stereocenters. The molecule has 0 aromatic heterocycles. The maximum Gasteiger partial charge on any atom is 0.269 e. The summed E-state index contributed by atoms with van der Waals surface area (Å²) in [5, 5.41) is 17.4. The zero-order valence-electron chi connectivity index (χ0n) is 16.8. The van der Waals surface area contributed by atoms with Gasteiger partial charge in [-0.25, -0.2) is 5.43 Å². The maximum atomic E-state index is 12.5. The molecule has 2 rings (SSSR count). The van der Waals surface area contributed by atoms with Crippen LogP contribution in [0, 0.1) is 16.0 Å². The molecule has 0 saturated heterocycles. The Hall–Kier alpha value is -3.20. The molecule has 158 valence electrons. The van der Waals surface area contributed by atoms with Crippen molar-refractivity contribution in [2.75, 3.05) is 5.75 Å². The van der Waals surface area contributed by atoms with E-state index in [0.29, 0.717) is 11.5 Å². The van der Waals surface area contributed by atoms with Crippen molar-refractivity contribution in [1.82, 2.24) is 10.7 Å². The molecule has 30 heavy (non-hydrogen) atoms. The molecule has 2 aromatic rings. The Morgan fingerprint density at radius 2 is 1.80 bits per heavy atom. The zero-order chi connectivity index (χ0) is 21.9. The Labute approximate surface area is 179 Å². The number of hydrogen-bond donors (Lipinski definition) is 2. The minimum Gasteiger partial charge on any atom is -0.339 e. The molecule has 2 amide bonds. The van der Waals surface area contributed by atoms with E-state index < -0.39 is 22.8 Å². The summed E-state index contributed by atoms with van der Waals surface area (Å²) in [4.78, 5) is 35.3. The van der Waals surface area contributed by atoms with E-state index in [1.165, 1.54) is 36.0 Å². The summed E-state index contributed by atoms with van der Waals surface area (Å²) in [5.74, 6) is 0.288. The van der Waals surface area contributed by atoms with Gasteiger partial charge in [-0.1, -0.05) is 44.2 Å². The summed E-state index contributed by atoms with van der Waals surface area (Å²) in [6.45, 7) is 3.86. The number of rotatable bonds is 10. The van der Waals surface area contributed by atoms with Gasteiger partial charge in [-0.15, -0.1) is 0 Å². The molecular weight excluding hydrogens is 404 g/mol. The maximum absolute atomic E-state index is 12.5. The lowest BCUT2D eigenvalue weighted by Gasteiger charge is -2.17. The summed E-state index contributed by atoms with van der Waals surface area (Å²) >= 11 is 1.51. The number of carbonyl (C=O) groups is 2. The first-order chi connectivity index (χ1) is 14.4. The Bertz CT molecular complexity index is 886. The summed E-state index contributed by atoms with van der Waals surface area (Å²) in [5.41, 5.74) is 3.69. The molecule has 0 bridgehead atoms. The van der Waals surface area contributed by atoms with E-state index in [4.69, 9.17) is 0 Å². The van der Waals surface area contributed by atoms with E-state index in [1.54, 1.807) is 6.21 Å². The fourth-order valence-corrected chi connectivity index (χ4v) is 3.37. The van der Waals surface area contributed by atoms with Crippen molar-refractivity contribution in [3.05, 3.63) is 75.8 Å². The van der Waals surface area contributed by atoms with Crippen LogP contribution in [0.1, 0.15) is 29.8 Å². The number of non-ortho nitro benzene ring substituents is 1. The van der Waals surface area contributed by atoms with Crippen LogP contribution in [0.25, 0.3) is 0 Å². The Morgan fingerprint density at radius 1 is 1.13 bits per heavy atom. The first-order valence-corrected chi connectivity index (χ1v) is 10.5. The molecule has 0 heterocycles. The third kappa shape index (κ3) is 7.67. The molecule has 9 heteroatoms. The quantitative estimate of drug-likeness (QED) is 0.342.